The average Bonchev–Trinajstić information content (AvgIpc) is 2.47. The van der Waals surface area contributed by atoms with Crippen molar-refractivity contribution in [3.63, 3.8) is 0 Å². The molecule has 1 aromatic rings. The van der Waals surface area contributed by atoms with Gasteiger partial charge >= 0.3 is 0 Å². The van der Waals surface area contributed by atoms with Crippen LogP contribution in [0.3, 0.4) is 0 Å². The first-order valence-electron chi connectivity index (χ1n) is 7.50. The minimum Gasteiger partial charge on any atom is -0.497 e. The Morgan fingerprint density at radius 1 is 1.16 bits per heavy atom. The zero-order valence-corrected chi connectivity index (χ0v) is 11.8. The highest BCUT2D eigenvalue weighted by Crippen LogP contribution is 2.40. The second kappa shape index (κ2) is 5.32. The van der Waals surface area contributed by atoms with Crippen LogP contribution in [0.15, 0.2) is 18.2 Å². The molecule has 3 nitrogen and oxygen atoms in total. The molecule has 2 aliphatic rings. The summed E-state index contributed by atoms with van der Waals surface area (Å²) in [6.45, 7) is 1.14. The number of fused-ring (bicyclic) bond motifs is 1. The molecule has 1 heterocycles. The number of rotatable bonds is 2. The number of piperidine rings is 1. The first-order chi connectivity index (χ1) is 9.29. The van der Waals surface area contributed by atoms with Crippen LogP contribution in [0.5, 0.6) is 5.75 Å². The molecule has 3 rings (SSSR count). The van der Waals surface area contributed by atoms with Gasteiger partial charge < -0.3 is 15.4 Å². The highest BCUT2D eigenvalue weighted by atomic mass is 16.5. The third-order valence-corrected chi connectivity index (χ3v) is 4.79. The second-order valence-corrected chi connectivity index (χ2v) is 5.87. The molecule has 1 aliphatic carbocycles. The summed E-state index contributed by atoms with van der Waals surface area (Å²) in [6, 6.07) is 6.71. The molecule has 2 N–H and O–H groups in total. The predicted molar refractivity (Wildman–Crippen MR) is 79.7 cm³/mol. The Labute approximate surface area is 115 Å². The van der Waals surface area contributed by atoms with E-state index in [1.54, 1.807) is 7.11 Å². The van der Waals surface area contributed by atoms with Crippen molar-refractivity contribution in [3.05, 3.63) is 18.2 Å². The van der Waals surface area contributed by atoms with Crippen LogP contribution in [0.25, 0.3) is 0 Å². The normalized spacial score (nSPS) is 26.9. The molecule has 1 aromatic carbocycles. The van der Waals surface area contributed by atoms with Crippen LogP contribution < -0.4 is 15.4 Å². The summed E-state index contributed by atoms with van der Waals surface area (Å²) in [5.41, 5.74) is 8.26. The zero-order chi connectivity index (χ0) is 13.2. The molecule has 0 bridgehead atoms. The molecule has 0 unspecified atom stereocenters. The summed E-state index contributed by atoms with van der Waals surface area (Å²) in [6.07, 6.45) is 8.17. The Kier molecular flexibility index (Phi) is 3.54. The first-order valence-corrected chi connectivity index (χ1v) is 7.50. The number of benzene rings is 1. The van der Waals surface area contributed by atoms with Crippen LogP contribution in [0.4, 0.5) is 11.4 Å². The average molecular weight is 260 g/mol. The van der Waals surface area contributed by atoms with Gasteiger partial charge in [0.15, 0.2) is 0 Å². The standard InChI is InChI=1S/C16H24N2O/c1-19-13-8-9-14(17)16(11-13)18-10-4-6-12-5-2-3-7-15(12)18/h8-9,11-12,15H,2-7,10,17H2,1H3/t12-,15-/m1/s1. The van der Waals surface area contributed by atoms with Crippen LogP contribution in [0.1, 0.15) is 38.5 Å². The maximum atomic E-state index is 6.20. The Morgan fingerprint density at radius 2 is 1.95 bits per heavy atom. The molecule has 19 heavy (non-hydrogen) atoms. The molecule has 0 aromatic heterocycles. The third kappa shape index (κ3) is 2.38. The number of methoxy groups -OCH3 is 1. The van der Waals surface area contributed by atoms with Gasteiger partial charge in [0.2, 0.25) is 0 Å². The van der Waals surface area contributed by atoms with Gasteiger partial charge in [0.1, 0.15) is 5.75 Å². The lowest BCUT2D eigenvalue weighted by molar-refractivity contribution is 0.244. The summed E-state index contributed by atoms with van der Waals surface area (Å²) in [5.74, 6) is 1.77. The Balaban J connectivity index is 1.91. The van der Waals surface area contributed by atoms with Crippen molar-refractivity contribution in [2.24, 2.45) is 5.92 Å². The molecule has 3 heteroatoms. The molecule has 2 atom stereocenters. The minimum absolute atomic E-state index is 0.692. The van der Waals surface area contributed by atoms with E-state index in [-0.39, 0.29) is 0 Å². The van der Waals surface area contributed by atoms with E-state index in [1.807, 2.05) is 12.1 Å². The van der Waals surface area contributed by atoms with E-state index in [9.17, 15) is 0 Å². The fraction of sp³-hybridized carbons (Fsp3) is 0.625. The van der Waals surface area contributed by atoms with E-state index in [4.69, 9.17) is 10.5 Å². The van der Waals surface area contributed by atoms with Crippen LogP contribution >= 0.6 is 0 Å². The molecule has 0 spiro atoms. The number of nitrogens with zero attached hydrogens (tertiary/aromatic N) is 1. The molecule has 1 saturated carbocycles. The Morgan fingerprint density at radius 3 is 2.79 bits per heavy atom. The molecular formula is C16H24N2O. The van der Waals surface area contributed by atoms with E-state index in [0.29, 0.717) is 6.04 Å². The number of nitrogen functional groups attached to an aromatic ring is 1. The quantitative estimate of drug-likeness (QED) is 0.828. The van der Waals surface area contributed by atoms with Crippen LogP contribution in [-0.4, -0.2) is 19.7 Å². The lowest BCUT2D eigenvalue weighted by Crippen LogP contribution is -2.47. The zero-order valence-electron chi connectivity index (χ0n) is 11.8. The monoisotopic (exact) mass is 260 g/mol. The molecule has 1 aliphatic heterocycles. The number of ether oxygens (including phenoxy) is 1. The minimum atomic E-state index is 0.692. The van der Waals surface area contributed by atoms with Gasteiger partial charge in [-0.3, -0.25) is 0 Å². The topological polar surface area (TPSA) is 38.5 Å². The number of anilines is 2. The third-order valence-electron chi connectivity index (χ3n) is 4.79. The SMILES string of the molecule is COc1ccc(N)c(N2CCC[C@H]3CCCC[C@H]32)c1. The maximum Gasteiger partial charge on any atom is 0.121 e. The summed E-state index contributed by atoms with van der Waals surface area (Å²) in [7, 11) is 1.72. The smallest absolute Gasteiger partial charge is 0.121 e. The Hall–Kier alpha value is -1.38. The van der Waals surface area contributed by atoms with Gasteiger partial charge in [0.05, 0.1) is 18.5 Å². The van der Waals surface area contributed by atoms with E-state index in [2.05, 4.69) is 11.0 Å². The van der Waals surface area contributed by atoms with Gasteiger partial charge in [0.25, 0.3) is 0 Å². The van der Waals surface area contributed by atoms with Crippen molar-refractivity contribution in [1.82, 2.24) is 0 Å². The van der Waals surface area contributed by atoms with E-state index < -0.39 is 0 Å². The lowest BCUT2D eigenvalue weighted by Gasteiger charge is -2.45. The summed E-state index contributed by atoms with van der Waals surface area (Å²) in [4.78, 5) is 2.55. The lowest BCUT2D eigenvalue weighted by atomic mass is 9.78. The van der Waals surface area contributed by atoms with Crippen molar-refractivity contribution in [1.29, 1.82) is 0 Å². The Bertz CT molecular complexity index is 444. The highest BCUT2D eigenvalue weighted by Gasteiger charge is 2.34. The van der Waals surface area contributed by atoms with Crippen molar-refractivity contribution in [2.75, 3.05) is 24.3 Å². The van der Waals surface area contributed by atoms with Crippen LogP contribution in [0, 0.1) is 5.92 Å². The van der Waals surface area contributed by atoms with Gasteiger partial charge in [-0.2, -0.15) is 0 Å². The fourth-order valence-electron chi connectivity index (χ4n) is 3.82. The van der Waals surface area contributed by atoms with Crippen LogP contribution in [-0.2, 0) is 0 Å². The van der Waals surface area contributed by atoms with Gasteiger partial charge in [-0.1, -0.05) is 12.8 Å². The molecule has 1 saturated heterocycles. The molecule has 0 amide bonds. The molecule has 2 fully saturated rings. The van der Waals surface area contributed by atoms with Crippen LogP contribution in [0.2, 0.25) is 0 Å². The van der Waals surface area contributed by atoms with E-state index in [0.717, 1.165) is 23.9 Å². The fourth-order valence-corrected chi connectivity index (χ4v) is 3.82. The van der Waals surface area contributed by atoms with Gasteiger partial charge in [-0.05, 0) is 43.7 Å². The molecule has 104 valence electrons. The van der Waals surface area contributed by atoms with Crippen molar-refractivity contribution < 1.29 is 4.74 Å². The number of hydrogen-bond acceptors (Lipinski definition) is 3. The largest absolute Gasteiger partial charge is 0.497 e. The van der Waals surface area contributed by atoms with Gasteiger partial charge in [-0.15, -0.1) is 0 Å². The van der Waals surface area contributed by atoms with Gasteiger partial charge in [-0.25, -0.2) is 0 Å². The van der Waals surface area contributed by atoms with Crippen molar-refractivity contribution >= 4 is 11.4 Å². The van der Waals surface area contributed by atoms with E-state index >= 15 is 0 Å². The molecule has 0 radical (unpaired) electrons. The first kappa shape index (κ1) is 12.6. The highest BCUT2D eigenvalue weighted by molar-refractivity contribution is 5.70. The predicted octanol–water partition coefficient (Wildman–Crippen LogP) is 3.44. The maximum absolute atomic E-state index is 6.20. The summed E-state index contributed by atoms with van der Waals surface area (Å²) < 4.78 is 5.35. The summed E-state index contributed by atoms with van der Waals surface area (Å²) >= 11 is 0. The van der Waals surface area contributed by atoms with E-state index in [1.165, 1.54) is 44.2 Å². The summed E-state index contributed by atoms with van der Waals surface area (Å²) in [5, 5.41) is 0. The van der Waals surface area contributed by atoms with Crippen molar-refractivity contribution in [2.45, 2.75) is 44.6 Å². The van der Waals surface area contributed by atoms with Crippen molar-refractivity contribution in [3.8, 4) is 5.75 Å². The molecular weight excluding hydrogens is 236 g/mol. The second-order valence-electron chi connectivity index (χ2n) is 5.87. The van der Waals surface area contributed by atoms with Gasteiger partial charge in [0, 0.05) is 18.7 Å². The number of nitrogens with two attached hydrogens (primary N) is 1. The number of hydrogen-bond donors (Lipinski definition) is 1.